The van der Waals surface area contributed by atoms with Crippen LogP contribution in [0.3, 0.4) is 0 Å². The van der Waals surface area contributed by atoms with Crippen molar-refractivity contribution < 1.29 is 66.9 Å². The Hall–Kier alpha value is -3.53. The van der Waals surface area contributed by atoms with Gasteiger partial charge in [-0.3, -0.25) is 9.59 Å². The molecule has 12 nitrogen and oxygen atoms in total. The summed E-state index contributed by atoms with van der Waals surface area (Å²) in [5.74, 6) is -1.97. The quantitative estimate of drug-likeness (QED) is 0.134. The van der Waals surface area contributed by atoms with E-state index in [-0.39, 0.29) is 77.1 Å². The first-order valence-electron chi connectivity index (χ1n) is 12.3. The molecule has 0 aliphatic carbocycles. The van der Waals surface area contributed by atoms with Gasteiger partial charge in [0, 0.05) is 18.4 Å². The largest absolute Gasteiger partial charge is 1.00 e. The predicted octanol–water partition coefficient (Wildman–Crippen LogP) is 1.84. The molecule has 1 N–H and O–H groups in total. The number of phenols is 1. The molecule has 0 spiro atoms. The average Bonchev–Trinajstić information content (AvgIpc) is 3.49. The minimum absolute atomic E-state index is 0. The zero-order valence-corrected chi connectivity index (χ0v) is 26.1. The molecule has 0 bridgehead atoms. The van der Waals surface area contributed by atoms with Crippen LogP contribution in [-0.4, -0.2) is 45.9 Å². The van der Waals surface area contributed by atoms with Gasteiger partial charge in [-0.25, -0.2) is 18.2 Å². The van der Waals surface area contributed by atoms with Gasteiger partial charge in [0.15, 0.2) is 0 Å². The van der Waals surface area contributed by atoms with E-state index in [1.807, 2.05) is 0 Å². The van der Waals surface area contributed by atoms with Gasteiger partial charge in [-0.1, -0.05) is 12.1 Å². The first-order chi connectivity index (χ1) is 19.5. The Labute approximate surface area is 266 Å². The molecule has 5 rings (SSSR count). The van der Waals surface area contributed by atoms with E-state index >= 15 is 0 Å². The number of carbonyl (C=O) groups is 3. The molecular weight excluding hydrogens is 595 g/mol. The molecule has 1 aliphatic heterocycles. The second-order valence-corrected chi connectivity index (χ2v) is 11.5. The van der Waals surface area contributed by atoms with Crippen LogP contribution in [0.4, 0.5) is 11.4 Å². The van der Waals surface area contributed by atoms with Crippen molar-refractivity contribution in [2.75, 3.05) is 0 Å². The molecular formula is C27H21N4NaO8S2. The van der Waals surface area contributed by atoms with Gasteiger partial charge in [-0.2, -0.15) is 5.11 Å². The zero-order chi connectivity index (χ0) is 29.3. The number of hydroxylamine groups is 2. The Morgan fingerprint density at radius 1 is 1.07 bits per heavy atom. The Kier molecular flexibility index (Phi) is 9.55. The van der Waals surface area contributed by atoms with E-state index < -0.39 is 27.9 Å². The molecule has 0 saturated carbocycles. The number of aromatic hydroxyl groups is 1. The number of imide groups is 1. The summed E-state index contributed by atoms with van der Waals surface area (Å²) < 4.78 is 35.9. The Bertz CT molecular complexity index is 1820. The number of thiazole rings is 1. The summed E-state index contributed by atoms with van der Waals surface area (Å²) in [6.07, 6.45) is 0.133. The number of nitrogens with zero attached hydrogens (tertiary/aromatic N) is 4. The van der Waals surface area contributed by atoms with Crippen molar-refractivity contribution in [2.24, 2.45) is 10.2 Å². The number of fused-ring (bicyclic) bond motifs is 1. The standard InChI is InChI=1S/C27H22N4O8S2.Na/c1-15-2-10-21-25(26(15)41(36,37)38)28-27(40-21)17-5-7-18(8-6-17)29-30-19-14-16(3-9-20(19)32)4-13-24(35)39-31-22(33)11-12-23(31)34;/h2-3,5-10,14,32H,4,11-13H2,1H3,(H,36,37,38);/q;+1/p-1. The van der Waals surface area contributed by atoms with Gasteiger partial charge in [0.25, 0.3) is 11.8 Å². The molecule has 210 valence electrons. The number of amides is 2. The fraction of sp³-hybridized carbons (Fsp3) is 0.185. The van der Waals surface area contributed by atoms with Gasteiger partial charge in [0.2, 0.25) is 0 Å². The summed E-state index contributed by atoms with van der Waals surface area (Å²) in [6.45, 7) is 1.55. The van der Waals surface area contributed by atoms with Crippen molar-refractivity contribution in [3.8, 4) is 16.3 Å². The fourth-order valence-electron chi connectivity index (χ4n) is 4.15. The molecule has 3 aromatic carbocycles. The molecule has 1 saturated heterocycles. The van der Waals surface area contributed by atoms with Crippen molar-refractivity contribution in [2.45, 2.75) is 37.5 Å². The van der Waals surface area contributed by atoms with Crippen molar-refractivity contribution in [3.63, 3.8) is 0 Å². The number of rotatable bonds is 8. The summed E-state index contributed by atoms with van der Waals surface area (Å²) in [7, 11) is -4.70. The van der Waals surface area contributed by atoms with E-state index in [9.17, 15) is 32.5 Å². The van der Waals surface area contributed by atoms with Crippen LogP contribution in [0.2, 0.25) is 0 Å². The third kappa shape index (κ3) is 6.91. The number of phenolic OH excluding ortho intramolecular Hbond substituents is 1. The molecule has 1 aromatic heterocycles. The number of aromatic nitrogens is 1. The van der Waals surface area contributed by atoms with Crippen molar-refractivity contribution in [3.05, 3.63) is 65.7 Å². The monoisotopic (exact) mass is 616 g/mol. The van der Waals surface area contributed by atoms with E-state index in [1.165, 1.54) is 17.4 Å². The molecule has 42 heavy (non-hydrogen) atoms. The van der Waals surface area contributed by atoms with Crippen LogP contribution in [0.1, 0.15) is 30.4 Å². The normalized spacial score (nSPS) is 13.6. The molecule has 15 heteroatoms. The Balaban J connectivity index is 0.00000405. The molecule has 2 amide bonds. The second kappa shape index (κ2) is 12.8. The van der Waals surface area contributed by atoms with Crippen LogP contribution in [0.15, 0.2) is 69.7 Å². The summed E-state index contributed by atoms with van der Waals surface area (Å²) in [4.78, 5) is 44.2. The van der Waals surface area contributed by atoms with E-state index in [1.54, 1.807) is 55.5 Å². The maximum atomic E-state index is 12.1. The number of aryl methyl sites for hydroxylation is 2. The number of hydrogen-bond acceptors (Lipinski definition) is 12. The smallest absolute Gasteiger partial charge is 0.744 e. The van der Waals surface area contributed by atoms with Gasteiger partial charge in [0.1, 0.15) is 26.6 Å². The molecule has 2 heterocycles. The van der Waals surface area contributed by atoms with Gasteiger partial charge in [-0.05, 0) is 66.9 Å². The van der Waals surface area contributed by atoms with Crippen LogP contribution in [0, 0.1) is 6.92 Å². The topological polar surface area (TPSA) is 179 Å². The zero-order valence-electron chi connectivity index (χ0n) is 22.4. The van der Waals surface area contributed by atoms with Crippen LogP contribution < -0.4 is 29.6 Å². The van der Waals surface area contributed by atoms with Gasteiger partial charge in [-0.15, -0.1) is 21.5 Å². The maximum absolute atomic E-state index is 12.1. The van der Waals surface area contributed by atoms with Gasteiger partial charge < -0.3 is 14.5 Å². The van der Waals surface area contributed by atoms with Crippen LogP contribution >= 0.6 is 11.3 Å². The minimum atomic E-state index is -4.70. The number of carbonyl (C=O) groups excluding carboxylic acids is 3. The van der Waals surface area contributed by atoms with E-state index in [2.05, 4.69) is 15.2 Å². The summed E-state index contributed by atoms with van der Waals surface area (Å²) >= 11 is 1.25. The van der Waals surface area contributed by atoms with E-state index in [4.69, 9.17) is 4.84 Å². The molecule has 0 atom stereocenters. The minimum Gasteiger partial charge on any atom is -0.744 e. The number of azo groups is 1. The average molecular weight is 617 g/mol. The third-order valence-corrected chi connectivity index (χ3v) is 8.29. The SMILES string of the molecule is Cc1ccc2sc(-c3ccc(N=Nc4cc(CCC(=O)ON5C(=O)CCC5=O)ccc4O)cc3)nc2c1S(=O)(=O)[O-].[Na+]. The van der Waals surface area contributed by atoms with Crippen LogP contribution in [0.25, 0.3) is 20.8 Å². The first-order valence-corrected chi connectivity index (χ1v) is 14.5. The molecule has 0 unspecified atom stereocenters. The van der Waals surface area contributed by atoms with E-state index in [0.29, 0.717) is 37.1 Å². The summed E-state index contributed by atoms with van der Waals surface area (Å²) in [5.41, 5.74) is 2.44. The van der Waals surface area contributed by atoms with Crippen molar-refractivity contribution in [1.29, 1.82) is 0 Å². The summed E-state index contributed by atoms with van der Waals surface area (Å²) in [6, 6.07) is 14.7. The van der Waals surface area contributed by atoms with E-state index in [0.717, 1.165) is 0 Å². The predicted molar refractivity (Wildman–Crippen MR) is 146 cm³/mol. The Morgan fingerprint density at radius 2 is 1.76 bits per heavy atom. The summed E-state index contributed by atoms with van der Waals surface area (Å²) in [5, 5.41) is 19.5. The third-order valence-electron chi connectivity index (χ3n) is 6.21. The number of benzene rings is 3. The van der Waals surface area contributed by atoms with Gasteiger partial charge >= 0.3 is 35.5 Å². The molecule has 4 aromatic rings. The first kappa shape index (κ1) is 31.4. The molecule has 0 radical (unpaired) electrons. The van der Waals surface area contributed by atoms with Crippen molar-refractivity contribution in [1.82, 2.24) is 10.0 Å². The molecule has 1 fully saturated rings. The van der Waals surface area contributed by atoms with Crippen LogP contribution in [-0.2, 0) is 35.8 Å². The molecule has 1 aliphatic rings. The maximum Gasteiger partial charge on any atom is 1.00 e. The van der Waals surface area contributed by atoms with Crippen LogP contribution in [0.5, 0.6) is 5.75 Å². The Morgan fingerprint density at radius 3 is 2.43 bits per heavy atom. The number of hydrogen-bond donors (Lipinski definition) is 1. The van der Waals surface area contributed by atoms with Gasteiger partial charge in [0.05, 0.1) is 27.2 Å². The second-order valence-electron chi connectivity index (χ2n) is 9.15. The fourth-order valence-corrected chi connectivity index (χ4v) is 6.05. The van der Waals surface area contributed by atoms with Crippen molar-refractivity contribution >= 4 is 60.8 Å².